The van der Waals surface area contributed by atoms with E-state index in [1.807, 2.05) is 12.2 Å². The molecule has 0 N–H and O–H groups in total. The summed E-state index contributed by atoms with van der Waals surface area (Å²) in [6.07, 6.45) is 3.83. The van der Waals surface area contributed by atoms with Crippen LogP contribution in [0.2, 0.25) is 0 Å². The minimum absolute atomic E-state index is 0.133. The van der Waals surface area contributed by atoms with Crippen molar-refractivity contribution in [1.82, 2.24) is 0 Å². The van der Waals surface area contributed by atoms with Gasteiger partial charge in [-0.15, -0.1) is 0 Å². The zero-order valence-electron chi connectivity index (χ0n) is 23.6. The van der Waals surface area contributed by atoms with Crippen molar-refractivity contribution < 1.29 is 0 Å². The molecule has 0 aromatic heterocycles. The Balaban J connectivity index is 1.46. The van der Waals surface area contributed by atoms with E-state index in [-0.39, 0.29) is 5.41 Å². The normalized spacial score (nSPS) is 14.4. The molecule has 7 rings (SSSR count). The summed E-state index contributed by atoms with van der Waals surface area (Å²) >= 11 is 0. The Morgan fingerprint density at radius 2 is 1.10 bits per heavy atom. The fraction of sp³-hybridized carbons (Fsp3) is 0.0769. The quantitative estimate of drug-likeness (QED) is 0.224. The van der Waals surface area contributed by atoms with Crippen LogP contribution in [0, 0.1) is 0 Å². The van der Waals surface area contributed by atoms with Gasteiger partial charge in [0.05, 0.1) is 22.7 Å². The highest BCUT2D eigenvalue weighted by Crippen LogP contribution is 2.54. The molecule has 0 spiro atoms. The molecule has 198 valence electrons. The largest absolute Gasteiger partial charge is 0.310 e. The molecule has 2 heteroatoms. The summed E-state index contributed by atoms with van der Waals surface area (Å²) in [5, 5.41) is 0. The zero-order chi connectivity index (χ0) is 28.3. The molecule has 0 unspecified atom stereocenters. The topological polar surface area (TPSA) is 6.48 Å². The summed E-state index contributed by atoms with van der Waals surface area (Å²) in [4.78, 5) is 4.76. The maximum Gasteiger partial charge on any atom is 0.0546 e. The first-order valence-corrected chi connectivity index (χ1v) is 14.0. The van der Waals surface area contributed by atoms with Crippen LogP contribution < -0.4 is 9.80 Å². The van der Waals surface area contributed by atoms with E-state index in [0.29, 0.717) is 0 Å². The van der Waals surface area contributed by atoms with Gasteiger partial charge in [0, 0.05) is 27.9 Å². The second-order valence-electron chi connectivity index (χ2n) is 11.3. The van der Waals surface area contributed by atoms with Crippen LogP contribution in [0.25, 0.3) is 17.7 Å². The van der Waals surface area contributed by atoms with Gasteiger partial charge in [0.25, 0.3) is 0 Å². The van der Waals surface area contributed by atoms with Crippen molar-refractivity contribution in [2.75, 3.05) is 9.80 Å². The van der Waals surface area contributed by atoms with E-state index in [4.69, 9.17) is 0 Å². The second-order valence-corrected chi connectivity index (χ2v) is 11.3. The maximum absolute atomic E-state index is 4.48. The van der Waals surface area contributed by atoms with E-state index in [0.717, 1.165) is 50.6 Å². The van der Waals surface area contributed by atoms with Crippen molar-refractivity contribution in [1.29, 1.82) is 0 Å². The van der Waals surface area contributed by atoms with E-state index in [1.54, 1.807) is 0 Å². The lowest BCUT2D eigenvalue weighted by atomic mass is 9.73. The molecule has 5 aromatic carbocycles. The number of rotatable bonds is 4. The van der Waals surface area contributed by atoms with Crippen molar-refractivity contribution in [3.8, 4) is 0 Å². The van der Waals surface area contributed by atoms with Crippen LogP contribution in [0.1, 0.15) is 47.2 Å². The van der Waals surface area contributed by atoms with Crippen LogP contribution in [0.3, 0.4) is 0 Å². The van der Waals surface area contributed by atoms with E-state index in [1.165, 1.54) is 22.5 Å². The number of fused-ring (bicyclic) bond motifs is 4. The van der Waals surface area contributed by atoms with E-state index >= 15 is 0 Å². The Labute approximate surface area is 242 Å². The Bertz CT molecular complexity index is 1890. The Morgan fingerprint density at radius 1 is 0.537 bits per heavy atom. The summed E-state index contributed by atoms with van der Waals surface area (Å²) < 4.78 is 0. The van der Waals surface area contributed by atoms with Gasteiger partial charge in [-0.05, 0) is 70.3 Å². The molecule has 2 nitrogen and oxygen atoms in total. The third-order valence-electron chi connectivity index (χ3n) is 8.63. The van der Waals surface area contributed by atoms with Gasteiger partial charge < -0.3 is 9.80 Å². The first-order valence-electron chi connectivity index (χ1n) is 14.0. The predicted octanol–water partition coefficient (Wildman–Crippen LogP) is 10.9. The van der Waals surface area contributed by atoms with E-state index in [9.17, 15) is 0 Å². The molecule has 2 aliphatic heterocycles. The summed E-state index contributed by atoms with van der Waals surface area (Å²) in [5.74, 6) is 0. The first-order chi connectivity index (χ1) is 19.9. The number of anilines is 6. The third-order valence-corrected chi connectivity index (χ3v) is 8.63. The van der Waals surface area contributed by atoms with Crippen LogP contribution in [-0.2, 0) is 5.41 Å². The maximum atomic E-state index is 4.48. The van der Waals surface area contributed by atoms with Crippen LogP contribution in [0.5, 0.6) is 0 Å². The lowest BCUT2D eigenvalue weighted by molar-refractivity contribution is 0.632. The van der Waals surface area contributed by atoms with Crippen molar-refractivity contribution in [2.24, 2.45) is 0 Å². The lowest BCUT2D eigenvalue weighted by Gasteiger charge is -2.42. The van der Waals surface area contributed by atoms with Crippen molar-refractivity contribution in [3.63, 3.8) is 0 Å². The molecule has 0 saturated carbocycles. The average Bonchev–Trinajstić information content (AvgIpc) is 3.01. The molecule has 2 aliphatic rings. The van der Waals surface area contributed by atoms with Gasteiger partial charge in [-0.25, -0.2) is 0 Å². The van der Waals surface area contributed by atoms with Crippen LogP contribution in [-0.4, -0.2) is 0 Å². The minimum Gasteiger partial charge on any atom is -0.310 e. The van der Waals surface area contributed by atoms with Crippen molar-refractivity contribution >= 4 is 51.8 Å². The minimum atomic E-state index is -0.133. The Kier molecular flexibility index (Phi) is 5.62. The molecule has 5 aromatic rings. The standard InChI is InChI=1S/C39H32N2/c1-6-27-19-21-32-26(3)31-15-8-10-17-35(31)40(37(32)23-27)29-13-12-14-30(25-29)41-36-18-11-9-16-33(36)39(4,5)34-22-20-28(7-2)24-38(34)41/h6-25H,1-3H2,4-5H3. The molecule has 0 saturated heterocycles. The number of para-hydroxylation sites is 2. The number of nitrogens with zero attached hydrogens (tertiary/aromatic N) is 2. The molecule has 0 aliphatic carbocycles. The monoisotopic (exact) mass is 528 g/mol. The molecule has 0 amide bonds. The van der Waals surface area contributed by atoms with Gasteiger partial charge in [-0.3, -0.25) is 0 Å². The summed E-state index contributed by atoms with van der Waals surface area (Å²) in [7, 11) is 0. The Morgan fingerprint density at radius 3 is 1.83 bits per heavy atom. The first kappa shape index (κ1) is 24.9. The molecule has 0 fully saturated rings. The van der Waals surface area contributed by atoms with Crippen LogP contribution >= 0.6 is 0 Å². The molecule has 0 atom stereocenters. The molecule has 0 bridgehead atoms. The third kappa shape index (κ3) is 3.72. The molecular formula is C39H32N2. The molecule has 2 heterocycles. The zero-order valence-corrected chi connectivity index (χ0v) is 23.6. The lowest BCUT2D eigenvalue weighted by Crippen LogP contribution is -2.30. The average molecular weight is 529 g/mol. The molecule has 0 radical (unpaired) electrons. The Hall–Kier alpha value is -5.08. The van der Waals surface area contributed by atoms with Gasteiger partial charge in [0.15, 0.2) is 0 Å². The highest BCUT2D eigenvalue weighted by Gasteiger charge is 2.37. The van der Waals surface area contributed by atoms with Crippen LogP contribution in [0.4, 0.5) is 34.1 Å². The number of hydrogen-bond acceptors (Lipinski definition) is 2. The summed E-state index contributed by atoms with van der Waals surface area (Å²) in [5.41, 5.74) is 14.8. The summed E-state index contributed by atoms with van der Waals surface area (Å²) in [6.45, 7) is 17.2. The molecular weight excluding hydrogens is 496 g/mol. The van der Waals surface area contributed by atoms with E-state index in [2.05, 4.69) is 153 Å². The van der Waals surface area contributed by atoms with Gasteiger partial charge in [0.2, 0.25) is 0 Å². The van der Waals surface area contributed by atoms with Gasteiger partial charge in [-0.2, -0.15) is 0 Å². The SMILES string of the molecule is C=Cc1ccc2c(c1)N(c1cccc(N3c4ccccc4C(C)(C)c4ccc(C=C)cc43)c1)c1ccccc1C2=C. The number of benzene rings is 5. The highest BCUT2D eigenvalue weighted by atomic mass is 15.2. The number of hydrogen-bond donors (Lipinski definition) is 0. The van der Waals surface area contributed by atoms with Crippen molar-refractivity contribution in [2.45, 2.75) is 19.3 Å². The van der Waals surface area contributed by atoms with Gasteiger partial charge >= 0.3 is 0 Å². The second kappa shape index (κ2) is 9.25. The smallest absolute Gasteiger partial charge is 0.0546 e. The molecule has 41 heavy (non-hydrogen) atoms. The summed E-state index contributed by atoms with van der Waals surface area (Å²) in [6, 6.07) is 39.3. The fourth-order valence-corrected chi connectivity index (χ4v) is 6.50. The van der Waals surface area contributed by atoms with Crippen LogP contribution in [0.15, 0.2) is 129 Å². The predicted molar refractivity (Wildman–Crippen MR) is 176 cm³/mol. The van der Waals surface area contributed by atoms with Crippen molar-refractivity contribution in [3.05, 3.63) is 162 Å². The van der Waals surface area contributed by atoms with E-state index < -0.39 is 0 Å². The highest BCUT2D eigenvalue weighted by molar-refractivity contribution is 6.01. The van der Waals surface area contributed by atoms with Gasteiger partial charge in [-0.1, -0.05) is 112 Å². The fourth-order valence-electron chi connectivity index (χ4n) is 6.50. The van der Waals surface area contributed by atoms with Gasteiger partial charge in [0.1, 0.15) is 0 Å².